The second-order valence-electron chi connectivity index (χ2n) is 17.8. The molecule has 10 heteroatoms. The van der Waals surface area contributed by atoms with Gasteiger partial charge in [0, 0.05) is 45.3 Å². The first-order chi connectivity index (χ1) is 26.8. The van der Waals surface area contributed by atoms with Gasteiger partial charge in [-0.05, 0) is 72.6 Å². The van der Waals surface area contributed by atoms with Gasteiger partial charge in [0.25, 0.3) is 0 Å². The maximum Gasteiger partial charge on any atom is 1.00 e. The van der Waals surface area contributed by atoms with Crippen molar-refractivity contribution >= 4 is 28.2 Å². The molecule has 0 aliphatic rings. The van der Waals surface area contributed by atoms with Gasteiger partial charge >= 0.3 is 29.6 Å². The van der Waals surface area contributed by atoms with Crippen LogP contribution in [0.15, 0.2) is 121 Å². The molecular weight excluding hydrogens is 783 g/mol. The number of hydrogen-bond acceptors (Lipinski definition) is 6. The molecule has 318 valence electrons. The number of aliphatic hydroxyl groups is 1. The summed E-state index contributed by atoms with van der Waals surface area (Å²) in [5.74, 6) is 0.691. The number of likely N-dealkylation sites (N-methyl/N-ethyl adjacent to an activating group) is 2. The minimum absolute atomic E-state index is 0. The van der Waals surface area contributed by atoms with E-state index in [4.69, 9.17) is 25.2 Å². The van der Waals surface area contributed by atoms with E-state index in [0.29, 0.717) is 17.5 Å². The number of nitrogens with zero attached hydrogens (tertiary/aromatic N) is 2. The summed E-state index contributed by atoms with van der Waals surface area (Å²) < 4.78 is 18.7. The molecule has 6 nitrogen and oxygen atoms in total. The summed E-state index contributed by atoms with van der Waals surface area (Å²) in [4.78, 5) is 4.50. The van der Waals surface area contributed by atoms with Gasteiger partial charge in [0.1, 0.15) is 12.2 Å². The molecule has 0 spiro atoms. The molecule has 0 radical (unpaired) electrons. The second-order valence-corrected chi connectivity index (χ2v) is 27.8. The van der Waals surface area contributed by atoms with Crippen molar-refractivity contribution in [2.45, 2.75) is 90.0 Å². The number of ether oxygens (including phenoxy) is 1. The van der Waals surface area contributed by atoms with E-state index >= 15 is 0 Å². The van der Waals surface area contributed by atoms with Crippen LogP contribution in [0.4, 0.5) is 0 Å². The van der Waals surface area contributed by atoms with Gasteiger partial charge in [-0.25, -0.2) is 0 Å². The Morgan fingerprint density at radius 3 is 1.14 bits per heavy atom. The fraction of sp³-hybridized carbons (Fsp3) is 0.500. The molecule has 4 aromatic rings. The van der Waals surface area contributed by atoms with E-state index in [1.807, 2.05) is 72.8 Å². The third-order valence-corrected chi connectivity index (χ3v) is 20.4. The minimum Gasteiger partial charge on any atom is -1.00 e. The Morgan fingerprint density at radius 1 is 0.534 bits per heavy atom. The Hall–Kier alpha value is -1.64. The summed E-state index contributed by atoms with van der Waals surface area (Å²) in [5.41, 5.74) is 4.24. The van der Waals surface area contributed by atoms with Crippen LogP contribution in [0.2, 0.25) is 36.3 Å². The molecule has 0 fully saturated rings. The van der Waals surface area contributed by atoms with E-state index in [1.54, 1.807) is 0 Å². The van der Waals surface area contributed by atoms with Crippen LogP contribution in [-0.4, -0.2) is 97.5 Å². The van der Waals surface area contributed by atoms with Crippen molar-refractivity contribution in [1.82, 2.24) is 9.80 Å². The molecule has 1 N–H and O–H groups in total. The standard InChI is InChI=1S/C24H37NO2Si.C13H12O.C11H26ClNOSi.Na.H/c1-24(2,3)28(5,6)27-20-18-25(4)17-19-26-23(21-13-9-7-10-14-21)22-15-11-8-12-16-22;14-13(11-7-3-1-4-8-11)12-9-5-2-6-10-12;1-11(2,3)15(5,6)14-10-9-13(4)8-7-12;;/h7-16,23H,17-20H2,1-6H3;1-10,13-14H;7-10H2,1-6H3;;/q;;;+1;-1. The van der Waals surface area contributed by atoms with E-state index in [1.165, 1.54) is 11.1 Å². The average Bonchev–Trinajstić information content (AvgIpc) is 3.17. The number of aliphatic hydroxyl groups excluding tert-OH is 1. The van der Waals surface area contributed by atoms with Gasteiger partial charge in [-0.2, -0.15) is 0 Å². The smallest absolute Gasteiger partial charge is 1.00 e. The molecule has 58 heavy (non-hydrogen) atoms. The van der Waals surface area contributed by atoms with Crippen LogP contribution in [-0.2, 0) is 13.6 Å². The Bertz CT molecular complexity index is 1540. The third kappa shape index (κ3) is 20.3. The van der Waals surface area contributed by atoms with Gasteiger partial charge < -0.3 is 29.9 Å². The SMILES string of the molecule is CN(CCCl)CCO[Si](C)(C)C(C)(C)C.CN(CCOC(c1ccccc1)c1ccccc1)CCO[Si](C)(C)C(C)(C)C.OC(c1ccccc1)c1ccccc1.[H-].[Na+]. The van der Waals surface area contributed by atoms with E-state index in [0.717, 1.165) is 50.5 Å². The Kier molecular flexibility index (Phi) is 25.6. The van der Waals surface area contributed by atoms with E-state index < -0.39 is 22.7 Å². The summed E-state index contributed by atoms with van der Waals surface area (Å²) in [6.07, 6.45) is -0.545. The normalized spacial score (nSPS) is 12.2. The predicted molar refractivity (Wildman–Crippen MR) is 251 cm³/mol. The fourth-order valence-electron chi connectivity index (χ4n) is 5.14. The molecule has 0 heterocycles. The first-order valence-electron chi connectivity index (χ1n) is 20.5. The van der Waals surface area contributed by atoms with Crippen molar-refractivity contribution in [3.63, 3.8) is 0 Å². The van der Waals surface area contributed by atoms with Crippen LogP contribution in [0.25, 0.3) is 0 Å². The Balaban J connectivity index is 0.000000920. The molecule has 0 saturated heterocycles. The molecule has 0 unspecified atom stereocenters. The number of halogens is 1. The molecule has 0 atom stereocenters. The first kappa shape index (κ1) is 54.4. The van der Waals surface area contributed by atoms with E-state index in [2.05, 4.69) is 140 Å². The molecule has 0 aliphatic carbocycles. The maximum atomic E-state index is 9.99. The molecule has 0 aliphatic heterocycles. The van der Waals surface area contributed by atoms with Crippen molar-refractivity contribution in [2.24, 2.45) is 0 Å². The van der Waals surface area contributed by atoms with Crippen LogP contribution >= 0.6 is 11.6 Å². The summed E-state index contributed by atoms with van der Waals surface area (Å²) in [5, 5.41) is 10.6. The second kappa shape index (κ2) is 27.3. The largest absolute Gasteiger partial charge is 1.00 e. The Labute approximate surface area is 384 Å². The minimum atomic E-state index is -1.67. The van der Waals surface area contributed by atoms with Gasteiger partial charge in [0.15, 0.2) is 16.6 Å². The van der Waals surface area contributed by atoms with Gasteiger partial charge in [0.05, 0.1) is 6.61 Å². The van der Waals surface area contributed by atoms with E-state index in [9.17, 15) is 5.11 Å². The van der Waals surface area contributed by atoms with Gasteiger partial charge in [-0.3, -0.25) is 0 Å². The monoisotopic (exact) mass is 858 g/mol. The zero-order valence-corrected chi connectivity index (χ0v) is 43.1. The quantitative estimate of drug-likeness (QED) is 0.0798. The summed E-state index contributed by atoms with van der Waals surface area (Å²) >= 11 is 5.66. The van der Waals surface area contributed by atoms with Gasteiger partial charge in [-0.1, -0.05) is 163 Å². The molecule has 4 aromatic carbocycles. The third-order valence-electron chi connectivity index (χ3n) is 11.1. The van der Waals surface area contributed by atoms with Crippen molar-refractivity contribution in [3.05, 3.63) is 144 Å². The fourth-order valence-corrected chi connectivity index (χ4v) is 7.50. The number of benzene rings is 4. The summed E-state index contributed by atoms with van der Waals surface area (Å²) in [6, 6.07) is 40.2. The number of hydrogen-bond donors (Lipinski definition) is 1. The van der Waals surface area contributed by atoms with Crippen LogP contribution < -0.4 is 29.6 Å². The van der Waals surface area contributed by atoms with E-state index in [-0.39, 0.29) is 42.1 Å². The number of alkyl halides is 1. The van der Waals surface area contributed by atoms with Crippen LogP contribution in [0.3, 0.4) is 0 Å². The van der Waals surface area contributed by atoms with Crippen LogP contribution in [0, 0.1) is 0 Å². The zero-order chi connectivity index (χ0) is 42.5. The Morgan fingerprint density at radius 2 is 0.828 bits per heavy atom. The topological polar surface area (TPSA) is 54.4 Å². The molecule has 4 rings (SSSR count). The summed E-state index contributed by atoms with van der Waals surface area (Å²) in [6.45, 7) is 28.8. The average molecular weight is 860 g/mol. The predicted octanol–water partition coefficient (Wildman–Crippen LogP) is 8.81. The zero-order valence-electron chi connectivity index (χ0n) is 39.3. The van der Waals surface area contributed by atoms with Crippen molar-refractivity contribution < 1.29 is 49.7 Å². The van der Waals surface area contributed by atoms with Gasteiger partial charge in [-0.15, -0.1) is 11.6 Å². The van der Waals surface area contributed by atoms with Crippen molar-refractivity contribution in [1.29, 1.82) is 0 Å². The number of rotatable bonds is 18. The molecule has 0 bridgehead atoms. The molecule has 0 amide bonds. The summed E-state index contributed by atoms with van der Waals surface area (Å²) in [7, 11) is 0.997. The maximum absolute atomic E-state index is 9.99. The van der Waals surface area contributed by atoms with Crippen molar-refractivity contribution in [2.75, 3.05) is 66.0 Å². The van der Waals surface area contributed by atoms with Crippen molar-refractivity contribution in [3.8, 4) is 0 Å². The molecule has 0 aromatic heterocycles. The molecule has 0 saturated carbocycles. The molecular formula is C48H76ClN2NaO4Si2. The first-order valence-corrected chi connectivity index (χ1v) is 26.8. The van der Waals surface area contributed by atoms with Crippen LogP contribution in [0.1, 0.15) is 77.4 Å². The van der Waals surface area contributed by atoms with Crippen LogP contribution in [0.5, 0.6) is 0 Å². The van der Waals surface area contributed by atoms with Gasteiger partial charge in [0.2, 0.25) is 0 Å².